The zero-order chi connectivity index (χ0) is 14.5. The lowest BCUT2D eigenvalue weighted by Crippen LogP contribution is -2.34. The Labute approximate surface area is 119 Å². The van der Waals surface area contributed by atoms with E-state index in [4.69, 9.17) is 6.42 Å². The molecule has 0 unspecified atom stereocenters. The Bertz CT molecular complexity index is 590. The van der Waals surface area contributed by atoms with Gasteiger partial charge in [0.1, 0.15) is 0 Å². The summed E-state index contributed by atoms with van der Waals surface area (Å²) in [7, 11) is -2.06. The molecule has 19 heavy (non-hydrogen) atoms. The molecule has 0 fully saturated rings. The molecule has 0 aliphatic heterocycles. The highest BCUT2D eigenvalue weighted by molar-refractivity contribution is 8.01. The average Bonchev–Trinajstić information content (AvgIpc) is 2.72. The predicted octanol–water partition coefficient (Wildman–Crippen LogP) is 0.0933. The molecule has 104 valence electrons. The van der Waals surface area contributed by atoms with Crippen molar-refractivity contribution in [2.75, 3.05) is 30.9 Å². The van der Waals surface area contributed by atoms with Gasteiger partial charge in [0, 0.05) is 7.05 Å². The van der Waals surface area contributed by atoms with Gasteiger partial charge in [-0.3, -0.25) is 10.1 Å². The quantitative estimate of drug-likeness (QED) is 0.454. The number of carbonyl (C=O) groups excluding carboxylic acids is 1. The van der Waals surface area contributed by atoms with Crippen LogP contribution in [-0.4, -0.2) is 54.4 Å². The van der Waals surface area contributed by atoms with E-state index in [1.54, 1.807) is 0 Å². The summed E-state index contributed by atoms with van der Waals surface area (Å²) < 4.78 is 23.9. The second-order valence-corrected chi connectivity index (χ2v) is 7.72. The summed E-state index contributed by atoms with van der Waals surface area (Å²) >= 11 is 2.52. The van der Waals surface area contributed by atoms with Gasteiger partial charge in [-0.05, 0) is 0 Å². The Balaban J connectivity index is 2.53. The van der Waals surface area contributed by atoms with Gasteiger partial charge in [-0.2, -0.15) is 4.31 Å². The molecule has 7 nitrogen and oxygen atoms in total. The van der Waals surface area contributed by atoms with E-state index in [2.05, 4.69) is 21.4 Å². The lowest BCUT2D eigenvalue weighted by Gasteiger charge is -2.12. The van der Waals surface area contributed by atoms with Crippen LogP contribution in [0.3, 0.4) is 0 Å². The summed E-state index contributed by atoms with van der Waals surface area (Å²) in [6, 6.07) is 0. The lowest BCUT2D eigenvalue weighted by molar-refractivity contribution is -0.116. The zero-order valence-corrected chi connectivity index (χ0v) is 12.7. The number of amides is 1. The van der Waals surface area contributed by atoms with Crippen molar-refractivity contribution < 1.29 is 13.2 Å². The van der Waals surface area contributed by atoms with Crippen molar-refractivity contribution in [1.82, 2.24) is 14.5 Å². The molecule has 0 spiro atoms. The fraction of sp³-hybridized carbons (Fsp3) is 0.444. The Morgan fingerprint density at radius 2 is 2.26 bits per heavy atom. The van der Waals surface area contributed by atoms with E-state index in [-0.39, 0.29) is 6.54 Å². The number of nitrogens with zero attached hydrogens (tertiary/aromatic N) is 3. The number of rotatable bonds is 6. The van der Waals surface area contributed by atoms with Gasteiger partial charge in [0.25, 0.3) is 0 Å². The second kappa shape index (κ2) is 6.85. The molecule has 0 saturated carbocycles. The topological polar surface area (TPSA) is 92.3 Å². The van der Waals surface area contributed by atoms with E-state index in [1.165, 1.54) is 30.1 Å². The van der Waals surface area contributed by atoms with E-state index in [0.29, 0.717) is 15.2 Å². The van der Waals surface area contributed by atoms with E-state index in [9.17, 15) is 13.2 Å². The number of nitrogens with one attached hydrogen (secondary N) is 1. The highest BCUT2D eigenvalue weighted by Crippen LogP contribution is 2.24. The van der Waals surface area contributed by atoms with Gasteiger partial charge in [0.05, 0.1) is 18.6 Å². The minimum atomic E-state index is -3.38. The van der Waals surface area contributed by atoms with Crippen molar-refractivity contribution in [3.8, 4) is 12.3 Å². The molecule has 10 heteroatoms. The molecular formula is C9H12N4O3S3. The van der Waals surface area contributed by atoms with Crippen LogP contribution in [0.15, 0.2) is 4.34 Å². The third-order valence-corrected chi connectivity index (χ3v) is 5.00. The first-order valence-electron chi connectivity index (χ1n) is 4.94. The van der Waals surface area contributed by atoms with Gasteiger partial charge in [-0.1, -0.05) is 29.0 Å². The van der Waals surface area contributed by atoms with Gasteiger partial charge in [0.2, 0.25) is 21.1 Å². The number of sulfonamides is 1. The Morgan fingerprint density at radius 3 is 2.84 bits per heavy atom. The molecule has 0 aliphatic carbocycles. The van der Waals surface area contributed by atoms with Crippen molar-refractivity contribution in [1.29, 1.82) is 0 Å². The van der Waals surface area contributed by atoms with Crippen molar-refractivity contribution in [3.05, 3.63) is 0 Å². The van der Waals surface area contributed by atoms with Crippen molar-refractivity contribution in [2.45, 2.75) is 4.34 Å². The molecule has 0 aromatic carbocycles. The van der Waals surface area contributed by atoms with Crippen LogP contribution in [0.1, 0.15) is 0 Å². The Kier molecular flexibility index (Phi) is 5.74. The van der Waals surface area contributed by atoms with Crippen LogP contribution < -0.4 is 5.32 Å². The van der Waals surface area contributed by atoms with Gasteiger partial charge in [0.15, 0.2) is 4.34 Å². The maximum Gasteiger partial charge on any atom is 0.241 e. The monoisotopic (exact) mass is 320 g/mol. The van der Waals surface area contributed by atoms with Crippen LogP contribution in [0.5, 0.6) is 0 Å². The Hall–Kier alpha value is -1.15. The first kappa shape index (κ1) is 15.9. The highest BCUT2D eigenvalue weighted by atomic mass is 32.2. The number of anilines is 1. The molecule has 0 aliphatic rings. The summed E-state index contributed by atoms with van der Waals surface area (Å²) in [5.74, 6) is 2.45. The third-order valence-electron chi connectivity index (χ3n) is 1.86. The van der Waals surface area contributed by atoms with Crippen LogP contribution in [0.4, 0.5) is 5.13 Å². The molecule has 0 bridgehead atoms. The first-order chi connectivity index (χ1) is 8.82. The summed E-state index contributed by atoms with van der Waals surface area (Å²) in [6.07, 6.45) is 6.14. The van der Waals surface area contributed by atoms with Crippen LogP contribution in [0, 0.1) is 12.3 Å². The molecule has 1 aromatic heterocycles. The van der Waals surface area contributed by atoms with Crippen molar-refractivity contribution in [3.63, 3.8) is 0 Å². The minimum Gasteiger partial charge on any atom is -0.299 e. The van der Waals surface area contributed by atoms with Gasteiger partial charge >= 0.3 is 0 Å². The SMILES string of the molecule is C#CCSc1nnc(NC(=O)CN(C)S(C)(=O)=O)s1. The van der Waals surface area contributed by atoms with E-state index >= 15 is 0 Å². The molecule has 1 rings (SSSR count). The highest BCUT2D eigenvalue weighted by Gasteiger charge is 2.16. The number of terminal acetylenes is 1. The van der Waals surface area contributed by atoms with Crippen LogP contribution in [0.25, 0.3) is 0 Å². The predicted molar refractivity (Wildman–Crippen MR) is 75.6 cm³/mol. The van der Waals surface area contributed by atoms with E-state index in [1.807, 2.05) is 0 Å². The van der Waals surface area contributed by atoms with E-state index in [0.717, 1.165) is 10.6 Å². The lowest BCUT2D eigenvalue weighted by atomic mass is 10.6. The molecule has 0 saturated heterocycles. The minimum absolute atomic E-state index is 0.273. The average molecular weight is 320 g/mol. The zero-order valence-electron chi connectivity index (χ0n) is 10.3. The maximum atomic E-state index is 11.6. The smallest absolute Gasteiger partial charge is 0.241 e. The molecular weight excluding hydrogens is 308 g/mol. The van der Waals surface area contributed by atoms with Crippen molar-refractivity contribution >= 4 is 44.2 Å². The molecule has 1 aromatic rings. The summed E-state index contributed by atoms with van der Waals surface area (Å²) in [4.78, 5) is 11.6. The second-order valence-electron chi connectivity index (χ2n) is 3.43. The maximum absolute atomic E-state index is 11.6. The number of likely N-dealkylation sites (N-methyl/N-ethyl adjacent to an activating group) is 1. The normalized spacial score (nSPS) is 11.3. The van der Waals surface area contributed by atoms with Crippen molar-refractivity contribution in [2.24, 2.45) is 0 Å². The fourth-order valence-electron chi connectivity index (χ4n) is 0.900. The summed E-state index contributed by atoms with van der Waals surface area (Å²) in [5, 5.41) is 10.4. The first-order valence-corrected chi connectivity index (χ1v) is 8.59. The molecule has 1 N–H and O–H groups in total. The van der Waals surface area contributed by atoms with Gasteiger partial charge < -0.3 is 0 Å². The summed E-state index contributed by atoms with van der Waals surface area (Å²) in [6.45, 7) is -0.273. The number of carbonyl (C=O) groups is 1. The molecule has 0 radical (unpaired) electrons. The summed E-state index contributed by atoms with van der Waals surface area (Å²) in [5.41, 5.74) is 0. The molecule has 0 atom stereocenters. The number of hydrogen-bond donors (Lipinski definition) is 1. The van der Waals surface area contributed by atoms with E-state index < -0.39 is 15.9 Å². The standard InChI is InChI=1S/C9H12N4O3S3/c1-4-5-17-9-12-11-8(18-9)10-7(14)6-13(2)19(3,15)16/h1H,5-6H2,2-3H3,(H,10,11,14). The molecule has 1 heterocycles. The van der Waals surface area contributed by atoms with Crippen LogP contribution >= 0.6 is 23.1 Å². The Morgan fingerprint density at radius 1 is 1.58 bits per heavy atom. The number of thioether (sulfide) groups is 1. The number of hydrogen-bond acceptors (Lipinski definition) is 7. The van der Waals surface area contributed by atoms with Crippen LogP contribution in [-0.2, 0) is 14.8 Å². The number of aromatic nitrogens is 2. The largest absolute Gasteiger partial charge is 0.299 e. The van der Waals surface area contributed by atoms with Gasteiger partial charge in [-0.25, -0.2) is 8.42 Å². The van der Waals surface area contributed by atoms with Gasteiger partial charge in [-0.15, -0.1) is 16.6 Å². The third kappa shape index (κ3) is 5.56. The molecule has 1 amide bonds. The van der Waals surface area contributed by atoms with Crippen LogP contribution in [0.2, 0.25) is 0 Å². The fourth-order valence-corrected chi connectivity index (χ4v) is 2.70.